The third-order valence-corrected chi connectivity index (χ3v) is 11.7. The maximum Gasteiger partial charge on any atom is 0.0659 e. The number of hydrogen-bond donors (Lipinski definition) is 0. The van der Waals surface area contributed by atoms with Crippen LogP contribution in [0.15, 0.2) is 151 Å². The predicted molar refractivity (Wildman–Crippen MR) is 219 cm³/mol. The van der Waals surface area contributed by atoms with Crippen LogP contribution >= 0.6 is 0 Å². The molecule has 4 aliphatic carbocycles. The lowest BCUT2D eigenvalue weighted by Crippen LogP contribution is -2.30. The van der Waals surface area contributed by atoms with E-state index in [0.29, 0.717) is 11.8 Å². The number of benzene rings is 3. The van der Waals surface area contributed by atoms with Gasteiger partial charge in [-0.15, -0.1) is 0 Å². The molecule has 0 radical (unpaired) electrons. The first-order valence-electron chi connectivity index (χ1n) is 19.0. The summed E-state index contributed by atoms with van der Waals surface area (Å²) in [7, 11) is 0. The minimum Gasteiger partial charge on any atom is -0.333 e. The molecule has 0 amide bonds. The van der Waals surface area contributed by atoms with Crippen LogP contribution < -0.4 is 4.90 Å². The van der Waals surface area contributed by atoms with Gasteiger partial charge in [-0.1, -0.05) is 123 Å². The van der Waals surface area contributed by atoms with Crippen molar-refractivity contribution < 1.29 is 0 Å². The normalized spacial score (nSPS) is 22.9. The summed E-state index contributed by atoms with van der Waals surface area (Å²) in [6.45, 7) is 4.59. The Hall–Kier alpha value is -5.67. The maximum absolute atomic E-state index is 4.85. The number of anilines is 2. The molecule has 0 saturated heterocycles. The molecule has 3 heteroatoms. The van der Waals surface area contributed by atoms with Crippen LogP contribution in [0.25, 0.3) is 50.6 Å². The van der Waals surface area contributed by atoms with Crippen molar-refractivity contribution in [3.8, 4) is 22.4 Å². The second-order valence-corrected chi connectivity index (χ2v) is 15.2. The molecule has 0 N–H and O–H groups in total. The zero-order chi connectivity index (χ0) is 34.8. The number of nitrogens with zero attached hydrogens (tertiary/aromatic N) is 3. The SMILES string of the molecule is CC1C=CC(C2CC=CC=C2n2c3c(c4ccccc42)-c2ccccc2N(C2C=CC(c4cnc5c(c4)CC(C)C=C5)=CC2)c2ccccc2-3)=CC1. The Labute approximate surface area is 307 Å². The fourth-order valence-corrected chi connectivity index (χ4v) is 9.14. The van der Waals surface area contributed by atoms with E-state index >= 15 is 0 Å². The first-order chi connectivity index (χ1) is 25.6. The van der Waals surface area contributed by atoms with Crippen LogP contribution in [-0.2, 0) is 6.42 Å². The van der Waals surface area contributed by atoms with E-state index in [9.17, 15) is 0 Å². The molecule has 52 heavy (non-hydrogen) atoms. The zero-order valence-electron chi connectivity index (χ0n) is 29.9. The van der Waals surface area contributed by atoms with Crippen LogP contribution in [-0.4, -0.2) is 15.6 Å². The van der Waals surface area contributed by atoms with Crippen molar-refractivity contribution in [2.75, 3.05) is 4.90 Å². The van der Waals surface area contributed by atoms with E-state index in [0.717, 1.165) is 31.4 Å². The van der Waals surface area contributed by atoms with E-state index in [-0.39, 0.29) is 12.0 Å². The lowest BCUT2D eigenvalue weighted by Gasteiger charge is -2.35. The molecule has 3 nitrogen and oxygen atoms in total. The molecular weight excluding hydrogens is 631 g/mol. The number of hydrogen-bond acceptors (Lipinski definition) is 2. The Kier molecular flexibility index (Phi) is 7.49. The van der Waals surface area contributed by atoms with E-state index in [1.54, 1.807) is 0 Å². The van der Waals surface area contributed by atoms with Crippen LogP contribution in [0.4, 0.5) is 11.4 Å². The Bertz CT molecular complexity index is 2480. The summed E-state index contributed by atoms with van der Waals surface area (Å²) >= 11 is 0. The van der Waals surface area contributed by atoms with Gasteiger partial charge in [-0.25, -0.2) is 0 Å². The highest BCUT2D eigenvalue weighted by atomic mass is 15.2. The van der Waals surface area contributed by atoms with Gasteiger partial charge in [0.1, 0.15) is 0 Å². The molecule has 3 heterocycles. The number of pyridine rings is 1. The van der Waals surface area contributed by atoms with E-state index in [2.05, 4.69) is 175 Å². The van der Waals surface area contributed by atoms with Crippen molar-refractivity contribution in [2.24, 2.45) is 17.8 Å². The van der Waals surface area contributed by atoms with E-state index in [4.69, 9.17) is 4.98 Å². The molecule has 3 aromatic carbocycles. The average Bonchev–Trinajstić information content (AvgIpc) is 3.47. The van der Waals surface area contributed by atoms with Crippen molar-refractivity contribution in [3.05, 3.63) is 168 Å². The first kappa shape index (κ1) is 31.1. The van der Waals surface area contributed by atoms with Crippen molar-refractivity contribution in [1.82, 2.24) is 9.55 Å². The Balaban J connectivity index is 1.12. The fraction of sp³-hybridized carbons (Fsp3) is 0.204. The molecule has 4 atom stereocenters. The van der Waals surface area contributed by atoms with Crippen LogP contribution in [0.5, 0.6) is 0 Å². The number of rotatable bonds is 4. The number of allylic oxidation sites excluding steroid dienone is 11. The van der Waals surface area contributed by atoms with E-state index < -0.39 is 0 Å². The lowest BCUT2D eigenvalue weighted by atomic mass is 9.84. The summed E-state index contributed by atoms with van der Waals surface area (Å²) in [5.74, 6) is 1.43. The molecular formula is C49H43N3. The van der Waals surface area contributed by atoms with Gasteiger partial charge in [0, 0.05) is 45.6 Å². The summed E-state index contributed by atoms with van der Waals surface area (Å²) in [5, 5.41) is 1.29. The van der Waals surface area contributed by atoms with Crippen molar-refractivity contribution >= 4 is 39.6 Å². The smallest absolute Gasteiger partial charge is 0.0659 e. The third-order valence-electron chi connectivity index (χ3n) is 11.7. The quantitative estimate of drug-likeness (QED) is 0.189. The number of para-hydroxylation sites is 3. The van der Waals surface area contributed by atoms with Crippen LogP contribution in [0.1, 0.15) is 49.9 Å². The van der Waals surface area contributed by atoms with Gasteiger partial charge in [0.05, 0.1) is 28.6 Å². The number of fused-ring (bicyclic) bond motifs is 8. The van der Waals surface area contributed by atoms with Gasteiger partial charge in [0.25, 0.3) is 0 Å². The van der Waals surface area contributed by atoms with E-state index in [1.807, 2.05) is 0 Å². The minimum absolute atomic E-state index is 0.160. The molecule has 5 aliphatic rings. The van der Waals surface area contributed by atoms with Gasteiger partial charge in [0.2, 0.25) is 0 Å². The summed E-state index contributed by atoms with van der Waals surface area (Å²) < 4.78 is 2.61. The molecule has 1 aliphatic heterocycles. The highest BCUT2D eigenvalue weighted by molar-refractivity contribution is 6.12. The summed E-state index contributed by atoms with van der Waals surface area (Å²) in [6.07, 6.45) is 31.9. The molecule has 0 spiro atoms. The Morgan fingerprint density at radius 1 is 0.731 bits per heavy atom. The maximum atomic E-state index is 4.85. The molecule has 0 bridgehead atoms. The van der Waals surface area contributed by atoms with Crippen LogP contribution in [0, 0.1) is 17.8 Å². The molecule has 4 unspecified atom stereocenters. The highest BCUT2D eigenvalue weighted by Gasteiger charge is 2.35. The predicted octanol–water partition coefficient (Wildman–Crippen LogP) is 12.4. The molecule has 0 fully saturated rings. The lowest BCUT2D eigenvalue weighted by molar-refractivity contribution is 0.695. The zero-order valence-corrected chi connectivity index (χ0v) is 29.9. The van der Waals surface area contributed by atoms with E-state index in [1.165, 1.54) is 72.6 Å². The molecule has 2 aromatic heterocycles. The van der Waals surface area contributed by atoms with Gasteiger partial charge < -0.3 is 9.47 Å². The van der Waals surface area contributed by atoms with Crippen molar-refractivity contribution in [2.45, 2.75) is 45.6 Å². The molecule has 0 saturated carbocycles. The van der Waals surface area contributed by atoms with Crippen molar-refractivity contribution in [3.63, 3.8) is 0 Å². The van der Waals surface area contributed by atoms with Crippen molar-refractivity contribution in [1.29, 1.82) is 0 Å². The first-order valence-corrected chi connectivity index (χ1v) is 19.0. The summed E-state index contributed by atoms with van der Waals surface area (Å²) in [4.78, 5) is 7.45. The minimum atomic E-state index is 0.160. The van der Waals surface area contributed by atoms with Gasteiger partial charge in [-0.3, -0.25) is 4.98 Å². The highest BCUT2D eigenvalue weighted by Crippen LogP contribution is 2.54. The van der Waals surface area contributed by atoms with Gasteiger partial charge in [-0.2, -0.15) is 0 Å². The summed E-state index contributed by atoms with van der Waals surface area (Å²) in [5.41, 5.74) is 16.6. The molecule has 254 valence electrons. The average molecular weight is 674 g/mol. The van der Waals surface area contributed by atoms with Crippen LogP contribution in [0.2, 0.25) is 0 Å². The topological polar surface area (TPSA) is 21.1 Å². The second-order valence-electron chi connectivity index (χ2n) is 15.2. The largest absolute Gasteiger partial charge is 0.333 e. The number of aromatic nitrogens is 2. The summed E-state index contributed by atoms with van der Waals surface area (Å²) in [6, 6.07) is 29.7. The molecule has 10 rings (SSSR count). The monoisotopic (exact) mass is 673 g/mol. The Morgan fingerprint density at radius 2 is 1.52 bits per heavy atom. The standard InChI is InChI=1S/C49H43N3/c1-32-19-22-35(23-20-32)39-11-3-7-15-44(39)52-46-17-9-5-13-41(46)48-40-12-4-8-16-45(40)51(47-18-10-6-14-42(47)49(48)52)38-26-24-34(25-27-38)37-30-36-29-33(2)21-28-43(36)50-31-37/h3-10,12-19,21-26,28,30-33,38-39H,11,20,27,29H2,1-2H3. The Morgan fingerprint density at radius 3 is 2.35 bits per heavy atom. The van der Waals surface area contributed by atoms with Gasteiger partial charge in [0.15, 0.2) is 0 Å². The van der Waals surface area contributed by atoms with Crippen LogP contribution in [0.3, 0.4) is 0 Å². The van der Waals surface area contributed by atoms with Gasteiger partial charge in [-0.05, 0) is 96.2 Å². The van der Waals surface area contributed by atoms with Gasteiger partial charge >= 0.3 is 0 Å². The fourth-order valence-electron chi connectivity index (χ4n) is 9.14. The second kappa shape index (κ2) is 12.5. The molecule has 5 aromatic rings. The third kappa shape index (κ3) is 5.05.